The molecular formula is C16H15FO3. The Balaban J connectivity index is 1.93. The zero-order valence-electron chi connectivity index (χ0n) is 11.1. The van der Waals surface area contributed by atoms with E-state index in [4.69, 9.17) is 9.47 Å². The molecule has 0 bridgehead atoms. The van der Waals surface area contributed by atoms with E-state index in [0.29, 0.717) is 17.9 Å². The highest BCUT2D eigenvalue weighted by atomic mass is 19.1. The van der Waals surface area contributed by atoms with E-state index in [9.17, 15) is 9.18 Å². The van der Waals surface area contributed by atoms with E-state index in [1.807, 2.05) is 0 Å². The maximum absolute atomic E-state index is 12.7. The zero-order chi connectivity index (χ0) is 14.4. The molecule has 4 heteroatoms. The van der Waals surface area contributed by atoms with Crippen LogP contribution in [0.5, 0.6) is 5.75 Å². The quantitative estimate of drug-likeness (QED) is 0.759. The molecular weight excluding hydrogens is 259 g/mol. The minimum Gasteiger partial charge on any atom is -0.489 e. The monoisotopic (exact) mass is 274 g/mol. The van der Waals surface area contributed by atoms with Gasteiger partial charge in [-0.3, -0.25) is 4.79 Å². The summed E-state index contributed by atoms with van der Waals surface area (Å²) in [6.07, 6.45) is 0. The minimum absolute atomic E-state index is 0.0653. The lowest BCUT2D eigenvalue weighted by Crippen LogP contribution is -2.06. The summed E-state index contributed by atoms with van der Waals surface area (Å²) in [6.45, 7) is 0.418. The van der Waals surface area contributed by atoms with Crippen LogP contribution < -0.4 is 4.74 Å². The fourth-order valence-corrected chi connectivity index (χ4v) is 1.70. The van der Waals surface area contributed by atoms with Crippen LogP contribution in [0.15, 0.2) is 48.5 Å². The van der Waals surface area contributed by atoms with E-state index in [0.717, 1.165) is 5.56 Å². The van der Waals surface area contributed by atoms with E-state index >= 15 is 0 Å². The van der Waals surface area contributed by atoms with Gasteiger partial charge in [-0.05, 0) is 42.0 Å². The summed E-state index contributed by atoms with van der Waals surface area (Å²) in [4.78, 5) is 11.6. The Morgan fingerprint density at radius 2 is 1.70 bits per heavy atom. The Kier molecular flexibility index (Phi) is 4.85. The lowest BCUT2D eigenvalue weighted by Gasteiger charge is -2.07. The number of carbonyl (C=O) groups is 1. The van der Waals surface area contributed by atoms with Crippen molar-refractivity contribution in [2.45, 2.75) is 6.61 Å². The van der Waals surface area contributed by atoms with Crippen LogP contribution in [0.4, 0.5) is 4.39 Å². The molecule has 0 aromatic heterocycles. The Labute approximate surface area is 117 Å². The SMILES string of the molecule is COCC(=O)c1ccc(OCc2ccc(F)cc2)cc1. The number of methoxy groups -OCH3 is 1. The van der Waals surface area contributed by atoms with Gasteiger partial charge in [0, 0.05) is 12.7 Å². The summed E-state index contributed by atoms with van der Waals surface area (Å²) in [5.41, 5.74) is 1.46. The second-order valence-corrected chi connectivity index (χ2v) is 4.30. The van der Waals surface area contributed by atoms with Gasteiger partial charge in [0.25, 0.3) is 0 Å². The van der Waals surface area contributed by atoms with Gasteiger partial charge in [0.15, 0.2) is 5.78 Å². The molecule has 2 aromatic carbocycles. The van der Waals surface area contributed by atoms with Gasteiger partial charge >= 0.3 is 0 Å². The molecule has 0 unspecified atom stereocenters. The van der Waals surface area contributed by atoms with Crippen LogP contribution >= 0.6 is 0 Å². The van der Waals surface area contributed by atoms with Crippen LogP contribution in [0.25, 0.3) is 0 Å². The van der Waals surface area contributed by atoms with Crippen LogP contribution in [0.3, 0.4) is 0 Å². The third-order valence-electron chi connectivity index (χ3n) is 2.77. The van der Waals surface area contributed by atoms with Gasteiger partial charge in [0.05, 0.1) is 0 Å². The first-order valence-corrected chi connectivity index (χ1v) is 6.18. The number of hydrogen-bond donors (Lipinski definition) is 0. The van der Waals surface area contributed by atoms with E-state index in [2.05, 4.69) is 0 Å². The Hall–Kier alpha value is -2.20. The largest absolute Gasteiger partial charge is 0.489 e. The average molecular weight is 274 g/mol. The van der Waals surface area contributed by atoms with Gasteiger partial charge in [-0.25, -0.2) is 4.39 Å². The number of carbonyl (C=O) groups excluding carboxylic acids is 1. The molecule has 104 valence electrons. The van der Waals surface area contributed by atoms with Gasteiger partial charge in [-0.15, -0.1) is 0 Å². The molecule has 0 atom stereocenters. The molecule has 0 amide bonds. The number of halogens is 1. The van der Waals surface area contributed by atoms with Crippen molar-refractivity contribution in [3.8, 4) is 5.75 Å². The highest BCUT2D eigenvalue weighted by molar-refractivity contribution is 5.97. The predicted octanol–water partition coefficient (Wildman–Crippen LogP) is 3.23. The summed E-state index contributed by atoms with van der Waals surface area (Å²) in [7, 11) is 1.48. The summed E-state index contributed by atoms with van der Waals surface area (Å²) in [6, 6.07) is 13.0. The number of Topliss-reactive ketones (excluding diaryl/α,β-unsaturated/α-hetero) is 1. The maximum atomic E-state index is 12.7. The molecule has 2 rings (SSSR count). The highest BCUT2D eigenvalue weighted by Crippen LogP contribution is 2.15. The lowest BCUT2D eigenvalue weighted by atomic mass is 10.1. The van der Waals surface area contributed by atoms with Gasteiger partial charge in [0.2, 0.25) is 0 Å². The Morgan fingerprint density at radius 3 is 2.30 bits per heavy atom. The number of ether oxygens (including phenoxy) is 2. The lowest BCUT2D eigenvalue weighted by molar-refractivity contribution is 0.0848. The number of rotatable bonds is 6. The highest BCUT2D eigenvalue weighted by Gasteiger charge is 2.05. The van der Waals surface area contributed by atoms with E-state index in [-0.39, 0.29) is 18.2 Å². The van der Waals surface area contributed by atoms with Gasteiger partial charge in [-0.1, -0.05) is 12.1 Å². The predicted molar refractivity (Wildman–Crippen MR) is 73.4 cm³/mol. The first-order valence-electron chi connectivity index (χ1n) is 6.18. The second-order valence-electron chi connectivity index (χ2n) is 4.30. The third kappa shape index (κ3) is 3.90. The molecule has 2 aromatic rings. The van der Waals surface area contributed by atoms with Crippen molar-refractivity contribution < 1.29 is 18.7 Å². The summed E-state index contributed by atoms with van der Waals surface area (Å²) in [5.74, 6) is 0.315. The van der Waals surface area contributed by atoms with Crippen LogP contribution in [0.1, 0.15) is 15.9 Å². The van der Waals surface area contributed by atoms with Crippen LogP contribution in [-0.4, -0.2) is 19.5 Å². The fraction of sp³-hybridized carbons (Fsp3) is 0.188. The number of hydrogen-bond acceptors (Lipinski definition) is 3. The smallest absolute Gasteiger partial charge is 0.188 e. The molecule has 0 saturated heterocycles. The first-order chi connectivity index (χ1) is 9.69. The van der Waals surface area contributed by atoms with Crippen LogP contribution in [-0.2, 0) is 11.3 Å². The normalized spacial score (nSPS) is 10.3. The van der Waals surface area contributed by atoms with Crippen LogP contribution in [0.2, 0.25) is 0 Å². The molecule has 20 heavy (non-hydrogen) atoms. The molecule has 3 nitrogen and oxygen atoms in total. The molecule has 0 aliphatic rings. The molecule has 0 aliphatic heterocycles. The van der Waals surface area contributed by atoms with E-state index < -0.39 is 0 Å². The molecule has 0 heterocycles. The summed E-state index contributed by atoms with van der Waals surface area (Å²) in [5, 5.41) is 0. The van der Waals surface area contributed by atoms with Crippen molar-refractivity contribution >= 4 is 5.78 Å². The summed E-state index contributed by atoms with van der Waals surface area (Å²) < 4.78 is 23.1. The second kappa shape index (κ2) is 6.82. The number of ketones is 1. The fourth-order valence-electron chi connectivity index (χ4n) is 1.70. The van der Waals surface area contributed by atoms with E-state index in [1.165, 1.54) is 19.2 Å². The van der Waals surface area contributed by atoms with Gasteiger partial charge < -0.3 is 9.47 Å². The maximum Gasteiger partial charge on any atom is 0.188 e. The minimum atomic E-state index is -0.269. The Bertz CT molecular complexity index is 561. The molecule has 0 radical (unpaired) electrons. The van der Waals surface area contributed by atoms with Crippen molar-refractivity contribution in [2.24, 2.45) is 0 Å². The third-order valence-corrected chi connectivity index (χ3v) is 2.77. The molecule has 0 N–H and O–H groups in total. The van der Waals surface area contributed by atoms with Crippen molar-refractivity contribution in [1.29, 1.82) is 0 Å². The first kappa shape index (κ1) is 14.2. The number of benzene rings is 2. The topological polar surface area (TPSA) is 35.5 Å². The zero-order valence-corrected chi connectivity index (χ0v) is 11.1. The molecule has 0 saturated carbocycles. The standard InChI is InChI=1S/C16H15FO3/c1-19-11-16(18)13-4-8-15(9-5-13)20-10-12-2-6-14(17)7-3-12/h2-9H,10-11H2,1H3. The van der Waals surface area contributed by atoms with Crippen molar-refractivity contribution in [3.63, 3.8) is 0 Å². The van der Waals surface area contributed by atoms with Crippen molar-refractivity contribution in [2.75, 3.05) is 13.7 Å². The van der Waals surface area contributed by atoms with Gasteiger partial charge in [0.1, 0.15) is 24.8 Å². The molecule has 0 fully saturated rings. The average Bonchev–Trinajstić information content (AvgIpc) is 2.47. The van der Waals surface area contributed by atoms with Crippen LogP contribution in [0, 0.1) is 5.82 Å². The molecule has 0 spiro atoms. The van der Waals surface area contributed by atoms with Gasteiger partial charge in [-0.2, -0.15) is 0 Å². The Morgan fingerprint density at radius 1 is 1.05 bits per heavy atom. The summed E-state index contributed by atoms with van der Waals surface area (Å²) >= 11 is 0. The van der Waals surface area contributed by atoms with Crippen molar-refractivity contribution in [1.82, 2.24) is 0 Å². The molecule has 0 aliphatic carbocycles. The van der Waals surface area contributed by atoms with E-state index in [1.54, 1.807) is 36.4 Å². The van der Waals surface area contributed by atoms with Crippen molar-refractivity contribution in [3.05, 3.63) is 65.5 Å².